The summed E-state index contributed by atoms with van der Waals surface area (Å²) in [6, 6.07) is 19.8. The van der Waals surface area contributed by atoms with Crippen molar-refractivity contribution in [1.82, 2.24) is 9.97 Å². The van der Waals surface area contributed by atoms with Crippen molar-refractivity contribution in [2.75, 3.05) is 10.6 Å². The smallest absolute Gasteiger partial charge is 0.273 e. The molecule has 0 unspecified atom stereocenters. The summed E-state index contributed by atoms with van der Waals surface area (Å²) in [6.07, 6.45) is 1.72. The van der Waals surface area contributed by atoms with Crippen LogP contribution >= 0.6 is 11.3 Å². The molecule has 0 aliphatic carbocycles. The van der Waals surface area contributed by atoms with Gasteiger partial charge in [0.2, 0.25) is 0 Å². The average Bonchev–Trinajstić information content (AvgIpc) is 3.30. The Morgan fingerprint density at radius 3 is 2.76 bits per heavy atom. The van der Waals surface area contributed by atoms with Crippen LogP contribution in [-0.4, -0.2) is 15.9 Å². The summed E-state index contributed by atoms with van der Waals surface area (Å²) in [5, 5.41) is 6.83. The molecule has 2 heterocycles. The highest BCUT2D eigenvalue weighted by molar-refractivity contribution is 7.22. The number of thiazole rings is 1. The van der Waals surface area contributed by atoms with Crippen LogP contribution in [0.15, 0.2) is 66.9 Å². The first-order valence-corrected chi connectivity index (χ1v) is 8.73. The Bertz CT molecular complexity index is 993. The molecular weight excluding hydrogens is 332 g/mol. The predicted octanol–water partition coefficient (Wildman–Crippen LogP) is 4.49. The molecule has 25 heavy (non-hydrogen) atoms. The fraction of sp³-hybridized carbons (Fsp3) is 0.0526. The quantitative estimate of drug-likeness (QED) is 0.498. The van der Waals surface area contributed by atoms with E-state index in [0.29, 0.717) is 10.8 Å². The van der Waals surface area contributed by atoms with E-state index < -0.39 is 0 Å². The van der Waals surface area contributed by atoms with Crippen LogP contribution in [0.5, 0.6) is 0 Å². The lowest BCUT2D eigenvalue weighted by Crippen LogP contribution is -2.11. The second-order valence-corrected chi connectivity index (χ2v) is 6.61. The van der Waals surface area contributed by atoms with Gasteiger partial charge < -0.3 is 10.3 Å². The number of hydrogen-bond donors (Lipinski definition) is 3. The van der Waals surface area contributed by atoms with Crippen LogP contribution in [-0.2, 0) is 6.54 Å². The molecule has 4 rings (SSSR count). The van der Waals surface area contributed by atoms with Crippen molar-refractivity contribution in [2.45, 2.75) is 6.54 Å². The molecule has 0 aliphatic rings. The Labute approximate surface area is 148 Å². The molecule has 5 nitrogen and oxygen atoms in total. The number of carbonyl (C=O) groups excluding carboxylic acids is 1. The Morgan fingerprint density at radius 1 is 1.08 bits per heavy atom. The van der Waals surface area contributed by atoms with Crippen LogP contribution < -0.4 is 10.6 Å². The number of rotatable bonds is 5. The molecule has 2 aromatic heterocycles. The lowest BCUT2D eigenvalue weighted by molar-refractivity contribution is 0.102. The highest BCUT2D eigenvalue weighted by Gasteiger charge is 2.10. The SMILES string of the molecule is O=C(Nc1nc2ccc(NCc3ccccc3)cc2s1)c1ccc[nH]1. The maximum atomic E-state index is 12.1. The van der Waals surface area contributed by atoms with Crippen LogP contribution in [0.1, 0.15) is 16.1 Å². The summed E-state index contributed by atoms with van der Waals surface area (Å²) in [6.45, 7) is 0.765. The maximum absolute atomic E-state index is 12.1. The number of anilines is 2. The molecule has 0 spiro atoms. The molecule has 6 heteroatoms. The maximum Gasteiger partial charge on any atom is 0.273 e. The molecule has 0 atom stereocenters. The molecule has 1 amide bonds. The minimum Gasteiger partial charge on any atom is -0.381 e. The number of aromatic nitrogens is 2. The van der Waals surface area contributed by atoms with Crippen molar-refractivity contribution in [3.63, 3.8) is 0 Å². The third kappa shape index (κ3) is 3.54. The van der Waals surface area contributed by atoms with Gasteiger partial charge in [-0.2, -0.15) is 0 Å². The molecule has 0 bridgehead atoms. The molecular formula is C19H16N4OS. The fourth-order valence-electron chi connectivity index (χ4n) is 2.52. The third-order valence-corrected chi connectivity index (χ3v) is 4.72. The normalized spacial score (nSPS) is 10.7. The highest BCUT2D eigenvalue weighted by Crippen LogP contribution is 2.28. The van der Waals surface area contributed by atoms with E-state index in [9.17, 15) is 4.79 Å². The molecule has 0 saturated heterocycles. The first-order valence-electron chi connectivity index (χ1n) is 7.91. The number of benzene rings is 2. The van der Waals surface area contributed by atoms with Crippen molar-refractivity contribution in [3.05, 3.63) is 78.1 Å². The zero-order valence-corrected chi connectivity index (χ0v) is 14.1. The highest BCUT2D eigenvalue weighted by atomic mass is 32.1. The number of nitrogens with one attached hydrogen (secondary N) is 3. The molecule has 2 aromatic carbocycles. The monoisotopic (exact) mass is 348 g/mol. The number of fused-ring (bicyclic) bond motifs is 1. The molecule has 3 N–H and O–H groups in total. The Kier molecular flexibility index (Phi) is 4.18. The van der Waals surface area contributed by atoms with Gasteiger partial charge in [0.25, 0.3) is 5.91 Å². The summed E-state index contributed by atoms with van der Waals surface area (Å²) in [5.74, 6) is -0.188. The van der Waals surface area contributed by atoms with E-state index in [-0.39, 0.29) is 5.91 Å². The average molecular weight is 348 g/mol. The van der Waals surface area contributed by atoms with Gasteiger partial charge in [0.1, 0.15) is 5.69 Å². The predicted molar refractivity (Wildman–Crippen MR) is 102 cm³/mol. The second-order valence-electron chi connectivity index (χ2n) is 5.58. The van der Waals surface area contributed by atoms with Crippen LogP contribution in [0.25, 0.3) is 10.2 Å². The zero-order valence-electron chi connectivity index (χ0n) is 13.3. The lowest BCUT2D eigenvalue weighted by Gasteiger charge is -2.06. The minimum atomic E-state index is -0.188. The van der Waals surface area contributed by atoms with Crippen molar-refractivity contribution < 1.29 is 4.79 Å². The van der Waals surface area contributed by atoms with Crippen LogP contribution in [0.3, 0.4) is 0 Å². The summed E-state index contributed by atoms with van der Waals surface area (Å²) in [5.41, 5.74) is 3.65. The number of aromatic amines is 1. The van der Waals surface area contributed by atoms with E-state index in [4.69, 9.17) is 0 Å². The number of hydrogen-bond acceptors (Lipinski definition) is 4. The molecule has 0 fully saturated rings. The van der Waals surface area contributed by atoms with Crippen molar-refractivity contribution >= 4 is 38.3 Å². The minimum absolute atomic E-state index is 0.188. The van der Waals surface area contributed by atoms with Gasteiger partial charge >= 0.3 is 0 Å². The van der Waals surface area contributed by atoms with Gasteiger partial charge in [0.05, 0.1) is 10.2 Å². The standard InChI is InChI=1S/C19H16N4OS/c24-18(16-7-4-10-20-16)23-19-22-15-9-8-14(11-17(15)25-19)21-12-13-5-2-1-3-6-13/h1-11,20-21H,12H2,(H,22,23,24). The first kappa shape index (κ1) is 15.4. The van der Waals surface area contributed by atoms with E-state index in [1.807, 2.05) is 30.3 Å². The van der Waals surface area contributed by atoms with Crippen molar-refractivity contribution in [2.24, 2.45) is 0 Å². The van der Waals surface area contributed by atoms with E-state index in [0.717, 1.165) is 22.4 Å². The summed E-state index contributed by atoms with van der Waals surface area (Å²) in [7, 11) is 0. The molecule has 0 saturated carbocycles. The van der Waals surface area contributed by atoms with Crippen molar-refractivity contribution in [1.29, 1.82) is 0 Å². The van der Waals surface area contributed by atoms with Gasteiger partial charge in [-0.05, 0) is 35.9 Å². The molecule has 0 radical (unpaired) electrons. The summed E-state index contributed by atoms with van der Waals surface area (Å²) < 4.78 is 1.03. The van der Waals surface area contributed by atoms with Gasteiger partial charge in [-0.3, -0.25) is 10.1 Å². The topological polar surface area (TPSA) is 69.8 Å². The first-order chi connectivity index (χ1) is 12.3. The van der Waals surface area contributed by atoms with Crippen molar-refractivity contribution in [3.8, 4) is 0 Å². The van der Waals surface area contributed by atoms with Gasteiger partial charge in [-0.15, -0.1) is 0 Å². The number of H-pyrrole nitrogens is 1. The third-order valence-electron chi connectivity index (χ3n) is 3.79. The van der Waals surface area contributed by atoms with Crippen LogP contribution in [0.2, 0.25) is 0 Å². The molecule has 124 valence electrons. The van der Waals surface area contributed by atoms with E-state index in [1.165, 1.54) is 16.9 Å². The number of amides is 1. The largest absolute Gasteiger partial charge is 0.381 e. The van der Waals surface area contributed by atoms with Crippen LogP contribution in [0, 0.1) is 0 Å². The van der Waals surface area contributed by atoms with Gasteiger partial charge in [-0.25, -0.2) is 4.98 Å². The van der Waals surface area contributed by atoms with Gasteiger partial charge in [-0.1, -0.05) is 41.7 Å². The number of carbonyl (C=O) groups is 1. The van der Waals surface area contributed by atoms with E-state index in [1.54, 1.807) is 18.3 Å². The Hall–Kier alpha value is -3.12. The number of nitrogens with zero attached hydrogens (tertiary/aromatic N) is 1. The summed E-state index contributed by atoms with van der Waals surface area (Å²) >= 11 is 1.46. The summed E-state index contributed by atoms with van der Waals surface area (Å²) in [4.78, 5) is 19.4. The van der Waals surface area contributed by atoms with E-state index in [2.05, 4.69) is 38.8 Å². The second kappa shape index (κ2) is 6.78. The lowest BCUT2D eigenvalue weighted by atomic mass is 10.2. The van der Waals surface area contributed by atoms with Gasteiger partial charge in [0, 0.05) is 18.4 Å². The Balaban J connectivity index is 1.48. The molecule has 0 aliphatic heterocycles. The van der Waals surface area contributed by atoms with Gasteiger partial charge in [0.15, 0.2) is 5.13 Å². The van der Waals surface area contributed by atoms with E-state index >= 15 is 0 Å². The molecule has 4 aromatic rings. The Morgan fingerprint density at radius 2 is 1.96 bits per heavy atom. The fourth-order valence-corrected chi connectivity index (χ4v) is 3.42. The zero-order chi connectivity index (χ0) is 17.1. The van der Waals surface area contributed by atoms with Crippen LogP contribution in [0.4, 0.5) is 10.8 Å².